The molecule has 0 radical (unpaired) electrons. The smallest absolute Gasteiger partial charge is 0.330 e. The molecule has 3 atom stereocenters. The Hall–Kier alpha value is -2.15. The third-order valence-electron chi connectivity index (χ3n) is 3.87. The summed E-state index contributed by atoms with van der Waals surface area (Å²) in [5.74, 6) is -2.74. The van der Waals surface area contributed by atoms with E-state index in [0.717, 1.165) is 18.1 Å². The predicted molar refractivity (Wildman–Crippen MR) is 82.8 cm³/mol. The number of rotatable bonds is 8. The second-order valence-corrected chi connectivity index (χ2v) is 5.81. The van der Waals surface area contributed by atoms with Crippen molar-refractivity contribution < 1.29 is 33.3 Å². The van der Waals surface area contributed by atoms with Gasteiger partial charge < -0.3 is 18.9 Å². The molecule has 0 spiro atoms. The minimum atomic E-state index is -0.652. The van der Waals surface area contributed by atoms with Gasteiger partial charge in [-0.2, -0.15) is 0 Å². The molecule has 7 nitrogen and oxygen atoms in total. The summed E-state index contributed by atoms with van der Waals surface area (Å²) >= 11 is 0. The molecular formula is C17H22O7. The number of carbonyl (C=O) groups excluding carboxylic acids is 3. The quantitative estimate of drug-likeness (QED) is 0.164. The Labute approximate surface area is 140 Å². The Balaban J connectivity index is 1.85. The van der Waals surface area contributed by atoms with Crippen LogP contribution in [-0.4, -0.2) is 50.4 Å². The van der Waals surface area contributed by atoms with Crippen molar-refractivity contribution in [2.24, 2.45) is 11.8 Å². The van der Waals surface area contributed by atoms with Gasteiger partial charge in [-0.3, -0.25) is 9.59 Å². The molecule has 132 valence electrons. The number of ether oxygens (including phenoxy) is 4. The largest absolute Gasteiger partial charge is 0.462 e. The van der Waals surface area contributed by atoms with E-state index in [1.54, 1.807) is 6.08 Å². The molecule has 0 aromatic heterocycles. The lowest BCUT2D eigenvalue weighted by molar-refractivity contribution is -0.161. The summed E-state index contributed by atoms with van der Waals surface area (Å²) in [6.45, 7) is 5.89. The van der Waals surface area contributed by atoms with Crippen LogP contribution in [0.25, 0.3) is 0 Å². The third kappa shape index (κ3) is 5.49. The van der Waals surface area contributed by atoms with Crippen LogP contribution >= 0.6 is 0 Å². The van der Waals surface area contributed by atoms with E-state index in [0.29, 0.717) is 13.0 Å². The second kappa shape index (κ2) is 8.63. The fourth-order valence-electron chi connectivity index (χ4n) is 2.45. The second-order valence-electron chi connectivity index (χ2n) is 5.81. The average molecular weight is 338 g/mol. The normalized spacial score (nSPS) is 25.2. The van der Waals surface area contributed by atoms with Crippen molar-refractivity contribution in [2.75, 3.05) is 26.4 Å². The summed E-state index contributed by atoms with van der Waals surface area (Å²) < 4.78 is 20.1. The zero-order valence-electron chi connectivity index (χ0n) is 13.7. The van der Waals surface area contributed by atoms with E-state index in [4.69, 9.17) is 18.9 Å². The standard InChI is InChI=1S/C17H22O7/c1-3-15(18)21-6-7-22-16(19)13-5-4-11(2)8-14(13)17(20)24-10-12-9-23-12/h3,8,12-14H,1,4-7,9-10H2,2H3. The monoisotopic (exact) mass is 338 g/mol. The first-order valence-corrected chi connectivity index (χ1v) is 7.92. The fraction of sp³-hybridized carbons (Fsp3) is 0.588. The van der Waals surface area contributed by atoms with Crippen molar-refractivity contribution in [1.29, 1.82) is 0 Å². The molecule has 3 unspecified atom stereocenters. The zero-order chi connectivity index (χ0) is 17.5. The van der Waals surface area contributed by atoms with E-state index in [1.807, 2.05) is 6.92 Å². The van der Waals surface area contributed by atoms with Crippen LogP contribution in [0.1, 0.15) is 19.8 Å². The molecule has 0 aromatic rings. The van der Waals surface area contributed by atoms with E-state index >= 15 is 0 Å². The first-order chi connectivity index (χ1) is 11.5. The van der Waals surface area contributed by atoms with Gasteiger partial charge in [-0.05, 0) is 19.8 Å². The van der Waals surface area contributed by atoms with Crippen molar-refractivity contribution in [3.05, 3.63) is 24.3 Å². The molecule has 2 rings (SSSR count). The van der Waals surface area contributed by atoms with Crippen LogP contribution in [0.5, 0.6) is 0 Å². The van der Waals surface area contributed by atoms with Crippen LogP contribution in [0.2, 0.25) is 0 Å². The summed E-state index contributed by atoms with van der Waals surface area (Å²) in [4.78, 5) is 35.4. The van der Waals surface area contributed by atoms with Crippen molar-refractivity contribution in [3.63, 3.8) is 0 Å². The highest BCUT2D eigenvalue weighted by Gasteiger charge is 2.37. The summed E-state index contributed by atoms with van der Waals surface area (Å²) in [5, 5.41) is 0. The number of hydrogen-bond donors (Lipinski definition) is 0. The molecule has 0 bridgehead atoms. The zero-order valence-corrected chi connectivity index (χ0v) is 13.7. The van der Waals surface area contributed by atoms with Gasteiger partial charge in [0.25, 0.3) is 0 Å². The highest BCUT2D eigenvalue weighted by molar-refractivity contribution is 5.84. The topological polar surface area (TPSA) is 91.4 Å². The molecular weight excluding hydrogens is 316 g/mol. The molecule has 1 saturated heterocycles. The van der Waals surface area contributed by atoms with Crippen LogP contribution < -0.4 is 0 Å². The van der Waals surface area contributed by atoms with Crippen molar-refractivity contribution in [3.8, 4) is 0 Å². The number of esters is 3. The van der Waals surface area contributed by atoms with Crippen molar-refractivity contribution in [1.82, 2.24) is 0 Å². The Kier molecular flexibility index (Phi) is 6.54. The van der Waals surface area contributed by atoms with E-state index in [1.165, 1.54) is 0 Å². The lowest BCUT2D eigenvalue weighted by Gasteiger charge is -2.26. The molecule has 0 amide bonds. The molecule has 0 aromatic carbocycles. The van der Waals surface area contributed by atoms with Gasteiger partial charge >= 0.3 is 17.9 Å². The highest BCUT2D eigenvalue weighted by atomic mass is 16.6. The fourth-order valence-corrected chi connectivity index (χ4v) is 2.45. The first kappa shape index (κ1) is 18.2. The number of hydrogen-bond acceptors (Lipinski definition) is 7. The minimum Gasteiger partial charge on any atom is -0.462 e. The molecule has 1 aliphatic carbocycles. The molecule has 0 saturated carbocycles. The van der Waals surface area contributed by atoms with Crippen molar-refractivity contribution >= 4 is 17.9 Å². The number of epoxide rings is 1. The maximum absolute atomic E-state index is 12.2. The SMILES string of the molecule is C=CC(=O)OCCOC(=O)C1CCC(C)=CC1C(=O)OCC1CO1. The lowest BCUT2D eigenvalue weighted by atomic mass is 9.81. The van der Waals surface area contributed by atoms with Crippen LogP contribution in [0.3, 0.4) is 0 Å². The molecule has 0 N–H and O–H groups in total. The molecule has 24 heavy (non-hydrogen) atoms. The van der Waals surface area contributed by atoms with Crippen LogP contribution in [0, 0.1) is 11.8 Å². The molecule has 7 heteroatoms. The average Bonchev–Trinajstić information content (AvgIpc) is 3.40. The number of allylic oxidation sites excluding steroid dienone is 1. The Morgan fingerprint density at radius 1 is 1.25 bits per heavy atom. The van der Waals surface area contributed by atoms with Gasteiger partial charge in [0.05, 0.1) is 18.4 Å². The van der Waals surface area contributed by atoms with Gasteiger partial charge in [0.1, 0.15) is 25.9 Å². The van der Waals surface area contributed by atoms with E-state index in [9.17, 15) is 14.4 Å². The van der Waals surface area contributed by atoms with Gasteiger partial charge in [0, 0.05) is 6.08 Å². The maximum Gasteiger partial charge on any atom is 0.330 e. The van der Waals surface area contributed by atoms with Gasteiger partial charge in [0.2, 0.25) is 0 Å². The summed E-state index contributed by atoms with van der Waals surface area (Å²) in [7, 11) is 0. The van der Waals surface area contributed by atoms with Crippen LogP contribution in [0.4, 0.5) is 0 Å². The highest BCUT2D eigenvalue weighted by Crippen LogP contribution is 2.31. The van der Waals surface area contributed by atoms with Gasteiger partial charge in [0.15, 0.2) is 0 Å². The van der Waals surface area contributed by atoms with Gasteiger partial charge in [-0.25, -0.2) is 4.79 Å². The minimum absolute atomic E-state index is 0.0208. The summed E-state index contributed by atoms with van der Waals surface area (Å²) in [6, 6.07) is 0. The van der Waals surface area contributed by atoms with Crippen LogP contribution in [0.15, 0.2) is 24.3 Å². The Morgan fingerprint density at radius 3 is 2.62 bits per heavy atom. The Bertz CT molecular complexity index is 533. The van der Waals surface area contributed by atoms with Crippen molar-refractivity contribution in [2.45, 2.75) is 25.9 Å². The van der Waals surface area contributed by atoms with E-state index in [-0.39, 0.29) is 25.9 Å². The van der Waals surface area contributed by atoms with Gasteiger partial charge in [-0.1, -0.05) is 18.2 Å². The lowest BCUT2D eigenvalue weighted by Crippen LogP contribution is -2.34. The third-order valence-corrected chi connectivity index (χ3v) is 3.87. The number of carbonyl (C=O) groups is 3. The predicted octanol–water partition coefficient (Wildman–Crippen LogP) is 1.17. The van der Waals surface area contributed by atoms with E-state index in [2.05, 4.69) is 6.58 Å². The van der Waals surface area contributed by atoms with Crippen LogP contribution in [-0.2, 0) is 33.3 Å². The first-order valence-electron chi connectivity index (χ1n) is 7.92. The Morgan fingerprint density at radius 2 is 1.96 bits per heavy atom. The molecule has 1 fully saturated rings. The molecule has 2 aliphatic rings. The summed E-state index contributed by atoms with van der Waals surface area (Å²) in [5.41, 5.74) is 1.04. The van der Waals surface area contributed by atoms with Gasteiger partial charge in [-0.15, -0.1) is 0 Å². The summed E-state index contributed by atoms with van der Waals surface area (Å²) in [6.07, 6.45) is 4.02. The molecule has 1 aliphatic heterocycles. The maximum atomic E-state index is 12.2. The molecule has 1 heterocycles. The van der Waals surface area contributed by atoms with E-state index < -0.39 is 29.7 Å².